The number of pyridine rings is 1. The molecule has 2 fully saturated rings. The van der Waals surface area contributed by atoms with E-state index in [4.69, 9.17) is 4.74 Å². The lowest BCUT2D eigenvalue weighted by Gasteiger charge is -2.31. The van der Waals surface area contributed by atoms with Gasteiger partial charge in [-0.2, -0.15) is 0 Å². The van der Waals surface area contributed by atoms with Crippen LogP contribution in [0.5, 0.6) is 0 Å². The molecule has 8 heteroatoms. The number of rotatable bonds is 2. The van der Waals surface area contributed by atoms with E-state index in [9.17, 15) is 4.79 Å². The van der Waals surface area contributed by atoms with Crippen LogP contribution in [0.2, 0.25) is 0 Å². The van der Waals surface area contributed by atoms with Gasteiger partial charge in [0, 0.05) is 44.8 Å². The fourth-order valence-corrected chi connectivity index (χ4v) is 3.66. The highest BCUT2D eigenvalue weighted by Crippen LogP contribution is 2.35. The highest BCUT2D eigenvalue weighted by atomic mass is 16.5. The van der Waals surface area contributed by atoms with Gasteiger partial charge in [0.05, 0.1) is 13.2 Å². The molecule has 1 amide bonds. The SMILES string of the molecule is Cn1cnc(C(=O)N2CCOC[C@@]3(CCN(c4ccccn4)C3)C2)n1. The topological polar surface area (TPSA) is 76.4 Å². The van der Waals surface area contributed by atoms with E-state index in [1.165, 1.54) is 0 Å². The number of hydrogen-bond acceptors (Lipinski definition) is 6. The van der Waals surface area contributed by atoms with Crippen LogP contribution in [0.4, 0.5) is 5.82 Å². The van der Waals surface area contributed by atoms with Gasteiger partial charge in [-0.25, -0.2) is 9.97 Å². The second kappa shape index (κ2) is 6.44. The van der Waals surface area contributed by atoms with Crippen LogP contribution in [0.15, 0.2) is 30.7 Å². The van der Waals surface area contributed by atoms with Crippen molar-refractivity contribution in [1.29, 1.82) is 0 Å². The molecule has 0 radical (unpaired) electrons. The van der Waals surface area contributed by atoms with Crippen molar-refractivity contribution in [2.45, 2.75) is 6.42 Å². The summed E-state index contributed by atoms with van der Waals surface area (Å²) in [5.41, 5.74) is -0.0710. The van der Waals surface area contributed by atoms with Crippen LogP contribution in [0.25, 0.3) is 0 Å². The second-order valence-corrected chi connectivity index (χ2v) is 6.88. The normalized spacial score (nSPS) is 23.9. The van der Waals surface area contributed by atoms with Crippen LogP contribution in [0, 0.1) is 5.41 Å². The highest BCUT2D eigenvalue weighted by molar-refractivity contribution is 5.90. The van der Waals surface area contributed by atoms with E-state index in [0.29, 0.717) is 26.3 Å². The Morgan fingerprint density at radius 1 is 1.24 bits per heavy atom. The van der Waals surface area contributed by atoms with E-state index >= 15 is 0 Å². The van der Waals surface area contributed by atoms with E-state index in [2.05, 4.69) is 20.0 Å². The first-order chi connectivity index (χ1) is 12.2. The van der Waals surface area contributed by atoms with E-state index in [1.807, 2.05) is 29.3 Å². The summed E-state index contributed by atoms with van der Waals surface area (Å²) in [6, 6.07) is 5.95. The number of carbonyl (C=O) groups excluding carboxylic acids is 1. The maximum absolute atomic E-state index is 12.8. The molecule has 0 aromatic carbocycles. The molecule has 0 aliphatic carbocycles. The maximum Gasteiger partial charge on any atom is 0.293 e. The molecule has 0 unspecified atom stereocenters. The molecule has 25 heavy (non-hydrogen) atoms. The number of hydrogen-bond donors (Lipinski definition) is 0. The Bertz CT molecular complexity index is 749. The molecule has 2 saturated heterocycles. The summed E-state index contributed by atoms with van der Waals surface area (Å²) in [6.45, 7) is 4.20. The largest absolute Gasteiger partial charge is 0.379 e. The number of carbonyl (C=O) groups is 1. The van der Waals surface area contributed by atoms with Gasteiger partial charge in [0.2, 0.25) is 5.82 Å². The molecule has 1 spiro atoms. The Labute approximate surface area is 146 Å². The molecule has 1 atom stereocenters. The molecular weight excluding hydrogens is 320 g/mol. The van der Waals surface area contributed by atoms with Crippen LogP contribution in [0.3, 0.4) is 0 Å². The molecule has 8 nitrogen and oxygen atoms in total. The summed E-state index contributed by atoms with van der Waals surface area (Å²) in [5.74, 6) is 1.11. The molecule has 4 rings (SSSR count). The van der Waals surface area contributed by atoms with Gasteiger partial charge in [-0.15, -0.1) is 5.10 Å². The van der Waals surface area contributed by atoms with E-state index < -0.39 is 0 Å². The maximum atomic E-state index is 12.8. The lowest BCUT2D eigenvalue weighted by Crippen LogP contribution is -2.43. The number of nitrogens with zero attached hydrogens (tertiary/aromatic N) is 6. The van der Waals surface area contributed by atoms with E-state index in [0.717, 1.165) is 25.3 Å². The van der Waals surface area contributed by atoms with Gasteiger partial charge in [-0.05, 0) is 18.6 Å². The Kier molecular flexibility index (Phi) is 4.12. The zero-order valence-corrected chi connectivity index (χ0v) is 14.3. The third-order valence-electron chi connectivity index (χ3n) is 4.93. The van der Waals surface area contributed by atoms with Crippen molar-refractivity contribution >= 4 is 11.7 Å². The molecule has 132 valence electrons. The number of anilines is 1. The quantitative estimate of drug-likeness (QED) is 0.795. The molecule has 2 aromatic heterocycles. The average molecular weight is 342 g/mol. The fourth-order valence-electron chi connectivity index (χ4n) is 3.66. The summed E-state index contributed by atoms with van der Waals surface area (Å²) >= 11 is 0. The minimum absolute atomic E-state index is 0.0710. The Balaban J connectivity index is 1.51. The lowest BCUT2D eigenvalue weighted by atomic mass is 9.87. The Hall–Kier alpha value is -2.48. The van der Waals surface area contributed by atoms with Gasteiger partial charge in [-0.3, -0.25) is 9.48 Å². The van der Waals surface area contributed by atoms with Crippen LogP contribution in [0.1, 0.15) is 17.0 Å². The average Bonchev–Trinajstić information content (AvgIpc) is 3.18. The number of aryl methyl sites for hydroxylation is 1. The Morgan fingerprint density at radius 3 is 2.92 bits per heavy atom. The first-order valence-electron chi connectivity index (χ1n) is 8.54. The summed E-state index contributed by atoms with van der Waals surface area (Å²) in [7, 11) is 1.76. The molecule has 0 bridgehead atoms. The zero-order chi connectivity index (χ0) is 17.3. The molecule has 2 aromatic rings. The van der Waals surface area contributed by atoms with Crippen molar-refractivity contribution in [3.63, 3.8) is 0 Å². The predicted molar refractivity (Wildman–Crippen MR) is 91.2 cm³/mol. The van der Waals surface area contributed by atoms with Gasteiger partial charge >= 0.3 is 0 Å². The summed E-state index contributed by atoms with van der Waals surface area (Å²) in [4.78, 5) is 25.4. The summed E-state index contributed by atoms with van der Waals surface area (Å²) in [6.07, 6.45) is 4.34. The van der Waals surface area contributed by atoms with Crippen molar-refractivity contribution in [3.05, 3.63) is 36.5 Å². The van der Waals surface area contributed by atoms with Crippen LogP contribution in [-0.2, 0) is 11.8 Å². The third kappa shape index (κ3) is 3.21. The fraction of sp³-hybridized carbons (Fsp3) is 0.529. The zero-order valence-electron chi connectivity index (χ0n) is 14.3. The molecule has 0 saturated carbocycles. The van der Waals surface area contributed by atoms with Gasteiger partial charge in [-0.1, -0.05) is 6.07 Å². The Morgan fingerprint density at radius 2 is 2.16 bits per heavy atom. The van der Waals surface area contributed by atoms with Crippen molar-refractivity contribution in [2.75, 3.05) is 44.3 Å². The van der Waals surface area contributed by atoms with Crippen LogP contribution in [-0.4, -0.2) is 69.9 Å². The van der Waals surface area contributed by atoms with Crippen molar-refractivity contribution in [1.82, 2.24) is 24.6 Å². The van der Waals surface area contributed by atoms with Crippen molar-refractivity contribution in [3.8, 4) is 0 Å². The van der Waals surface area contributed by atoms with Crippen LogP contribution >= 0.6 is 0 Å². The predicted octanol–water partition coefficient (Wildman–Crippen LogP) is 0.579. The molecular formula is C17H22N6O2. The minimum Gasteiger partial charge on any atom is -0.379 e. The first kappa shape index (κ1) is 16.0. The number of amides is 1. The third-order valence-corrected chi connectivity index (χ3v) is 4.93. The molecule has 0 N–H and O–H groups in total. The number of ether oxygens (including phenoxy) is 1. The van der Waals surface area contributed by atoms with Gasteiger partial charge in [0.25, 0.3) is 5.91 Å². The van der Waals surface area contributed by atoms with E-state index in [1.54, 1.807) is 18.1 Å². The van der Waals surface area contributed by atoms with Gasteiger partial charge in [0.15, 0.2) is 0 Å². The van der Waals surface area contributed by atoms with Gasteiger partial charge < -0.3 is 14.5 Å². The monoisotopic (exact) mass is 342 g/mol. The summed E-state index contributed by atoms with van der Waals surface area (Å²) < 4.78 is 7.40. The van der Waals surface area contributed by atoms with Crippen molar-refractivity contribution in [2.24, 2.45) is 12.5 Å². The minimum atomic E-state index is -0.123. The molecule has 2 aliphatic rings. The smallest absolute Gasteiger partial charge is 0.293 e. The summed E-state index contributed by atoms with van der Waals surface area (Å²) in [5, 5.41) is 4.15. The van der Waals surface area contributed by atoms with Crippen molar-refractivity contribution < 1.29 is 9.53 Å². The molecule has 2 aliphatic heterocycles. The van der Waals surface area contributed by atoms with Gasteiger partial charge in [0.1, 0.15) is 12.1 Å². The first-order valence-corrected chi connectivity index (χ1v) is 8.54. The lowest BCUT2D eigenvalue weighted by molar-refractivity contribution is 0.0680. The van der Waals surface area contributed by atoms with E-state index in [-0.39, 0.29) is 17.1 Å². The van der Waals surface area contributed by atoms with Crippen LogP contribution < -0.4 is 4.90 Å². The molecule has 4 heterocycles. The second-order valence-electron chi connectivity index (χ2n) is 6.88. The highest BCUT2D eigenvalue weighted by Gasteiger charge is 2.43. The number of aromatic nitrogens is 4. The standard InChI is InChI=1S/C17H22N6O2/c1-21-13-19-15(20-21)16(24)23-8-9-25-12-17(11-23)5-7-22(10-17)14-4-2-3-6-18-14/h2-4,6,13H,5,7-12H2,1H3/t17-/m1/s1.